The number of nitrogens with one attached hydrogen (secondary N) is 1. The number of aromatic nitrogens is 3. The maximum Gasteiger partial charge on any atom is 0.324 e. The van der Waals surface area contributed by atoms with Crippen LogP contribution in [0.3, 0.4) is 0 Å². The molecule has 3 heterocycles. The molecule has 0 bridgehead atoms. The second kappa shape index (κ2) is 5.95. The Labute approximate surface area is 145 Å². The zero-order chi connectivity index (χ0) is 16.7. The number of rotatable bonds is 3. The number of hydrogen-bond donors (Lipinski definition) is 1. The van der Waals surface area contributed by atoms with Crippen molar-refractivity contribution >= 4 is 52.2 Å². The fourth-order valence-corrected chi connectivity index (χ4v) is 3.03. The van der Waals surface area contributed by atoms with E-state index in [2.05, 4.69) is 20.5 Å². The molecule has 24 heavy (non-hydrogen) atoms. The first-order valence-electron chi connectivity index (χ1n) is 7.25. The van der Waals surface area contributed by atoms with Gasteiger partial charge in [-0.05, 0) is 18.9 Å². The van der Waals surface area contributed by atoms with Gasteiger partial charge in [0.15, 0.2) is 5.58 Å². The van der Waals surface area contributed by atoms with Crippen molar-refractivity contribution in [3.8, 4) is 0 Å². The fraction of sp³-hybridized carbons (Fsp3) is 0.286. The van der Waals surface area contributed by atoms with Gasteiger partial charge in [0.1, 0.15) is 5.52 Å². The fourth-order valence-electron chi connectivity index (χ4n) is 2.52. The third kappa shape index (κ3) is 2.78. The molecular formula is C14H11Cl2N5O3. The highest BCUT2D eigenvalue weighted by Gasteiger charge is 2.25. The second-order valence-electron chi connectivity index (χ2n) is 5.29. The summed E-state index contributed by atoms with van der Waals surface area (Å²) < 4.78 is 10.8. The summed E-state index contributed by atoms with van der Waals surface area (Å²) in [6, 6.07) is 3.28. The number of benzene rings is 1. The number of fused-ring (bicyclic) bond motifs is 1. The number of hydrogen-bond acceptors (Lipinski definition) is 7. The van der Waals surface area contributed by atoms with E-state index in [1.807, 2.05) is 0 Å². The van der Waals surface area contributed by atoms with E-state index in [4.69, 9.17) is 32.0 Å². The minimum Gasteiger partial charge on any atom is -0.423 e. The number of anilines is 2. The van der Waals surface area contributed by atoms with Crippen molar-refractivity contribution in [1.29, 1.82) is 0 Å². The molecule has 1 aromatic carbocycles. The Bertz CT molecular complexity index is 916. The minimum absolute atomic E-state index is 0.00585. The molecule has 0 radical (unpaired) electrons. The first-order chi connectivity index (χ1) is 11.6. The molecule has 0 atom stereocenters. The summed E-state index contributed by atoms with van der Waals surface area (Å²) in [4.78, 5) is 18.0. The van der Waals surface area contributed by atoms with Crippen LogP contribution in [-0.4, -0.2) is 39.1 Å². The molecule has 1 amide bonds. The highest BCUT2D eigenvalue weighted by molar-refractivity contribution is 6.38. The van der Waals surface area contributed by atoms with Crippen LogP contribution in [0.15, 0.2) is 21.0 Å². The molecule has 1 N–H and O–H groups in total. The average molecular weight is 368 g/mol. The van der Waals surface area contributed by atoms with Crippen LogP contribution < -0.4 is 5.32 Å². The van der Waals surface area contributed by atoms with Crippen molar-refractivity contribution in [2.24, 2.45) is 0 Å². The monoisotopic (exact) mass is 367 g/mol. The van der Waals surface area contributed by atoms with Crippen molar-refractivity contribution in [1.82, 2.24) is 20.1 Å². The number of nitrogens with zero attached hydrogens (tertiary/aromatic N) is 4. The van der Waals surface area contributed by atoms with Crippen LogP contribution in [0.5, 0.6) is 0 Å². The molecule has 1 aliphatic rings. The van der Waals surface area contributed by atoms with Crippen LogP contribution in [0.25, 0.3) is 11.1 Å². The Morgan fingerprint density at radius 1 is 1.12 bits per heavy atom. The van der Waals surface area contributed by atoms with Gasteiger partial charge in [0.25, 0.3) is 0 Å². The average Bonchev–Trinajstić information content (AvgIpc) is 3.26. The van der Waals surface area contributed by atoms with Gasteiger partial charge in [-0.1, -0.05) is 28.3 Å². The van der Waals surface area contributed by atoms with Crippen molar-refractivity contribution in [3.63, 3.8) is 0 Å². The predicted molar refractivity (Wildman–Crippen MR) is 86.7 cm³/mol. The number of halogens is 2. The summed E-state index contributed by atoms with van der Waals surface area (Å²) >= 11 is 12.0. The van der Waals surface area contributed by atoms with Crippen LogP contribution in [0.4, 0.5) is 12.0 Å². The lowest BCUT2D eigenvalue weighted by Crippen LogP contribution is -2.27. The number of carbonyl (C=O) groups excluding carboxylic acids is 1. The van der Waals surface area contributed by atoms with Gasteiger partial charge < -0.3 is 13.7 Å². The third-order valence-electron chi connectivity index (χ3n) is 3.63. The van der Waals surface area contributed by atoms with Gasteiger partial charge >= 0.3 is 23.8 Å². The molecule has 1 saturated heterocycles. The number of carbonyl (C=O) groups is 1. The Balaban J connectivity index is 1.55. The van der Waals surface area contributed by atoms with Gasteiger partial charge in [-0.25, -0.2) is 0 Å². The highest BCUT2D eigenvalue weighted by Crippen LogP contribution is 2.30. The van der Waals surface area contributed by atoms with Crippen LogP contribution in [0.1, 0.15) is 23.5 Å². The van der Waals surface area contributed by atoms with E-state index in [-0.39, 0.29) is 23.8 Å². The van der Waals surface area contributed by atoms with E-state index >= 15 is 0 Å². The molecule has 0 spiro atoms. The Morgan fingerprint density at radius 2 is 1.92 bits per heavy atom. The molecule has 0 aliphatic carbocycles. The zero-order valence-corrected chi connectivity index (χ0v) is 13.8. The normalized spacial score (nSPS) is 14.5. The molecule has 2 aromatic heterocycles. The molecule has 124 valence electrons. The lowest BCUT2D eigenvalue weighted by atomic mass is 10.3. The van der Waals surface area contributed by atoms with Crippen LogP contribution in [0, 0.1) is 0 Å². The summed E-state index contributed by atoms with van der Waals surface area (Å²) in [5, 5.41) is 11.1. The van der Waals surface area contributed by atoms with Gasteiger partial charge in [-0.2, -0.15) is 4.98 Å². The smallest absolute Gasteiger partial charge is 0.324 e. The van der Waals surface area contributed by atoms with E-state index in [1.54, 1.807) is 17.0 Å². The largest absolute Gasteiger partial charge is 0.423 e. The maximum atomic E-state index is 12.2. The highest BCUT2D eigenvalue weighted by atomic mass is 35.5. The summed E-state index contributed by atoms with van der Waals surface area (Å²) in [5.41, 5.74) is 0.874. The minimum atomic E-state index is -0.277. The van der Waals surface area contributed by atoms with Gasteiger partial charge in [-0.3, -0.25) is 10.1 Å². The molecule has 0 saturated carbocycles. The summed E-state index contributed by atoms with van der Waals surface area (Å²) in [5.74, 6) is -0.350. The molecule has 8 nitrogen and oxygen atoms in total. The van der Waals surface area contributed by atoms with Crippen molar-refractivity contribution < 1.29 is 13.6 Å². The topological polar surface area (TPSA) is 97.3 Å². The van der Waals surface area contributed by atoms with Crippen molar-refractivity contribution in [2.45, 2.75) is 12.8 Å². The molecule has 1 aliphatic heterocycles. The summed E-state index contributed by atoms with van der Waals surface area (Å²) in [6.45, 7) is 1.41. The van der Waals surface area contributed by atoms with E-state index < -0.39 is 0 Å². The first kappa shape index (κ1) is 15.2. The van der Waals surface area contributed by atoms with Crippen molar-refractivity contribution in [2.75, 3.05) is 18.4 Å². The molecule has 3 aromatic rings. The molecule has 1 fully saturated rings. The maximum absolute atomic E-state index is 12.2. The molecular weight excluding hydrogens is 357 g/mol. The summed E-state index contributed by atoms with van der Waals surface area (Å²) in [7, 11) is 0. The number of likely N-dealkylation sites (tertiary alicyclic amines) is 1. The molecule has 4 rings (SSSR count). The molecule has 0 unspecified atom stereocenters. The number of oxazole rings is 1. The van der Waals surface area contributed by atoms with Crippen LogP contribution in [0.2, 0.25) is 10.0 Å². The Hall–Kier alpha value is -2.32. The van der Waals surface area contributed by atoms with E-state index in [1.165, 1.54) is 0 Å². The SMILES string of the molecule is O=C(c1nnc(Nc2nc3c(Cl)cc(Cl)cc3o2)o1)N1CCCC1. The first-order valence-corrected chi connectivity index (χ1v) is 8.01. The standard InChI is InChI=1S/C14H11Cl2N5O3/c15-7-5-8(16)10-9(6-7)23-13(17-10)18-14-20-19-11(24-14)12(22)21-3-1-2-4-21/h5-6H,1-4H2,(H,17,18,20). The van der Waals surface area contributed by atoms with E-state index in [0.29, 0.717) is 34.2 Å². The lowest BCUT2D eigenvalue weighted by Gasteiger charge is -2.11. The van der Waals surface area contributed by atoms with E-state index in [9.17, 15) is 4.79 Å². The predicted octanol–water partition coefficient (Wildman–Crippen LogP) is 3.50. The lowest BCUT2D eigenvalue weighted by molar-refractivity contribution is 0.0754. The van der Waals surface area contributed by atoms with Crippen molar-refractivity contribution in [3.05, 3.63) is 28.1 Å². The zero-order valence-electron chi connectivity index (χ0n) is 12.3. The third-order valence-corrected chi connectivity index (χ3v) is 4.13. The quantitative estimate of drug-likeness (QED) is 0.756. The van der Waals surface area contributed by atoms with Gasteiger partial charge in [0.05, 0.1) is 5.02 Å². The Morgan fingerprint density at radius 3 is 2.71 bits per heavy atom. The van der Waals surface area contributed by atoms with E-state index in [0.717, 1.165) is 12.8 Å². The van der Waals surface area contributed by atoms with Crippen LogP contribution >= 0.6 is 23.2 Å². The van der Waals surface area contributed by atoms with Gasteiger partial charge in [0, 0.05) is 24.2 Å². The van der Waals surface area contributed by atoms with Gasteiger partial charge in [0.2, 0.25) is 0 Å². The number of amides is 1. The summed E-state index contributed by atoms with van der Waals surface area (Å²) in [6.07, 6.45) is 1.97. The Kier molecular flexibility index (Phi) is 3.78. The molecule has 10 heteroatoms. The van der Waals surface area contributed by atoms with Crippen LogP contribution in [-0.2, 0) is 0 Å². The second-order valence-corrected chi connectivity index (χ2v) is 6.13. The van der Waals surface area contributed by atoms with Gasteiger partial charge in [-0.15, -0.1) is 5.10 Å².